The summed E-state index contributed by atoms with van der Waals surface area (Å²) in [5.41, 5.74) is 2.80. The van der Waals surface area contributed by atoms with E-state index in [0.29, 0.717) is 29.6 Å². The van der Waals surface area contributed by atoms with Crippen LogP contribution in [0.25, 0.3) is 10.9 Å². The number of carbonyl (C=O) groups is 1. The predicted octanol–water partition coefficient (Wildman–Crippen LogP) is 5.57. The molecule has 1 heterocycles. The van der Waals surface area contributed by atoms with Crippen molar-refractivity contribution in [2.75, 3.05) is 11.9 Å². The van der Waals surface area contributed by atoms with Gasteiger partial charge in [0.1, 0.15) is 11.9 Å². The van der Waals surface area contributed by atoms with Crippen LogP contribution in [0.15, 0.2) is 53.1 Å². The molecular formula is C22H22BrN3O4. The summed E-state index contributed by atoms with van der Waals surface area (Å²) in [5, 5.41) is 15.6. The van der Waals surface area contributed by atoms with E-state index >= 15 is 0 Å². The van der Waals surface area contributed by atoms with Crippen LogP contribution in [0.5, 0.6) is 0 Å². The van der Waals surface area contributed by atoms with Crippen molar-refractivity contribution >= 4 is 44.2 Å². The molecule has 0 aliphatic heterocycles. The Bertz CT molecular complexity index is 1070. The first-order chi connectivity index (χ1) is 14.4. The molecule has 30 heavy (non-hydrogen) atoms. The van der Waals surface area contributed by atoms with Gasteiger partial charge in [-0.25, -0.2) is 4.98 Å². The second-order valence-electron chi connectivity index (χ2n) is 6.82. The molecule has 7 nitrogen and oxygen atoms in total. The topological polar surface area (TPSA) is 94.4 Å². The molecule has 0 radical (unpaired) electrons. The lowest BCUT2D eigenvalue weighted by molar-refractivity contribution is -0.384. The van der Waals surface area contributed by atoms with Crippen LogP contribution in [-0.4, -0.2) is 22.5 Å². The number of halogens is 1. The average molecular weight is 472 g/mol. The molecule has 0 unspecified atom stereocenters. The Hall–Kier alpha value is -3.00. The van der Waals surface area contributed by atoms with E-state index in [1.54, 1.807) is 6.92 Å². The minimum absolute atomic E-state index is 0.0936. The monoisotopic (exact) mass is 471 g/mol. The molecule has 0 amide bonds. The number of ether oxygens (including phenoxy) is 1. The summed E-state index contributed by atoms with van der Waals surface area (Å²) in [5.74, 6) is -0.280. The number of hydrogen-bond donors (Lipinski definition) is 1. The van der Waals surface area contributed by atoms with E-state index in [0.717, 1.165) is 15.6 Å². The number of fused-ring (bicyclic) bond motifs is 1. The first-order valence-corrected chi connectivity index (χ1v) is 10.4. The number of nitro groups is 1. The number of aromatic nitrogens is 1. The lowest BCUT2D eigenvalue weighted by Crippen LogP contribution is -2.10. The molecule has 0 saturated carbocycles. The molecule has 3 aromatic rings. The second kappa shape index (κ2) is 9.67. The Morgan fingerprint density at radius 3 is 2.70 bits per heavy atom. The van der Waals surface area contributed by atoms with Crippen molar-refractivity contribution in [3.05, 3.63) is 74.4 Å². The lowest BCUT2D eigenvalue weighted by atomic mass is 10.0. The number of anilines is 1. The highest BCUT2D eigenvalue weighted by atomic mass is 79.9. The SMILES string of the molecule is CCOC(=O)CCc1cc2c(N[C@H](C)c3ccccc3)c([N+](=O)[O-])cnc2cc1Br. The van der Waals surface area contributed by atoms with E-state index in [9.17, 15) is 14.9 Å². The number of nitrogens with zero attached hydrogens (tertiary/aromatic N) is 2. The summed E-state index contributed by atoms with van der Waals surface area (Å²) >= 11 is 3.52. The number of aryl methyl sites for hydroxylation is 1. The number of rotatable bonds is 8. The van der Waals surface area contributed by atoms with Crippen LogP contribution >= 0.6 is 15.9 Å². The molecule has 0 aliphatic rings. The van der Waals surface area contributed by atoms with Gasteiger partial charge in [0.25, 0.3) is 0 Å². The molecular weight excluding hydrogens is 450 g/mol. The van der Waals surface area contributed by atoms with Crippen LogP contribution in [0.1, 0.15) is 37.4 Å². The first-order valence-electron chi connectivity index (χ1n) is 9.63. The standard InChI is InChI=1S/C22H22BrN3O4/c1-3-30-21(27)10-9-16-11-17-19(12-18(16)23)24-13-20(26(28)29)22(17)25-14(2)15-7-5-4-6-8-15/h4-8,11-14H,3,9-10H2,1-2H3,(H,24,25)/t14-/m1/s1. The highest BCUT2D eigenvalue weighted by Crippen LogP contribution is 2.37. The molecule has 8 heteroatoms. The molecule has 1 atom stereocenters. The zero-order valence-electron chi connectivity index (χ0n) is 16.7. The molecule has 0 bridgehead atoms. The van der Waals surface area contributed by atoms with Gasteiger partial charge in [-0.2, -0.15) is 0 Å². The first kappa shape index (κ1) is 21.7. The third-order valence-corrected chi connectivity index (χ3v) is 5.52. The Kier molecular flexibility index (Phi) is 6.99. The molecule has 3 rings (SSSR count). The summed E-state index contributed by atoms with van der Waals surface area (Å²) in [6, 6.07) is 13.2. The van der Waals surface area contributed by atoms with Gasteiger partial charge in [-0.1, -0.05) is 46.3 Å². The number of benzene rings is 2. The number of hydrogen-bond acceptors (Lipinski definition) is 6. The van der Waals surface area contributed by atoms with E-state index in [-0.39, 0.29) is 24.1 Å². The van der Waals surface area contributed by atoms with Crippen molar-refractivity contribution in [1.82, 2.24) is 4.98 Å². The minimum Gasteiger partial charge on any atom is -0.466 e. The van der Waals surface area contributed by atoms with Gasteiger partial charge in [0.05, 0.1) is 17.0 Å². The molecule has 156 valence electrons. The van der Waals surface area contributed by atoms with Gasteiger partial charge in [-0.15, -0.1) is 0 Å². The fourth-order valence-corrected chi connectivity index (χ4v) is 3.77. The Balaban J connectivity index is 2.03. The van der Waals surface area contributed by atoms with Gasteiger partial charge in [0.15, 0.2) is 0 Å². The molecule has 0 saturated heterocycles. The normalized spacial score (nSPS) is 11.8. The van der Waals surface area contributed by atoms with Crippen LogP contribution in [-0.2, 0) is 16.0 Å². The Labute approximate surface area is 182 Å². The fourth-order valence-electron chi connectivity index (χ4n) is 3.24. The van der Waals surface area contributed by atoms with Gasteiger partial charge in [0, 0.05) is 22.3 Å². The van der Waals surface area contributed by atoms with Crippen molar-refractivity contribution in [3.8, 4) is 0 Å². The molecule has 0 aliphatic carbocycles. The largest absolute Gasteiger partial charge is 0.466 e. The third kappa shape index (κ3) is 4.94. The van der Waals surface area contributed by atoms with E-state index in [1.165, 1.54) is 6.20 Å². The smallest absolute Gasteiger partial charge is 0.311 e. The van der Waals surface area contributed by atoms with Crippen molar-refractivity contribution in [3.63, 3.8) is 0 Å². The van der Waals surface area contributed by atoms with E-state index in [1.807, 2.05) is 49.4 Å². The van der Waals surface area contributed by atoms with Crippen LogP contribution < -0.4 is 5.32 Å². The molecule has 0 spiro atoms. The van der Waals surface area contributed by atoms with Crippen LogP contribution in [0, 0.1) is 10.1 Å². The average Bonchev–Trinajstić information content (AvgIpc) is 2.73. The maximum Gasteiger partial charge on any atom is 0.311 e. The minimum atomic E-state index is -0.438. The van der Waals surface area contributed by atoms with Gasteiger partial charge < -0.3 is 10.1 Å². The number of esters is 1. The van der Waals surface area contributed by atoms with Gasteiger partial charge in [-0.3, -0.25) is 14.9 Å². The van der Waals surface area contributed by atoms with E-state index < -0.39 is 4.92 Å². The molecule has 1 N–H and O–H groups in total. The van der Waals surface area contributed by atoms with Crippen LogP contribution in [0.4, 0.5) is 11.4 Å². The maximum atomic E-state index is 11.8. The fraction of sp³-hybridized carbons (Fsp3) is 0.273. The van der Waals surface area contributed by atoms with Crippen molar-refractivity contribution in [2.24, 2.45) is 0 Å². The zero-order valence-corrected chi connectivity index (χ0v) is 18.3. The molecule has 1 aromatic heterocycles. The van der Waals surface area contributed by atoms with Crippen LogP contribution in [0.2, 0.25) is 0 Å². The van der Waals surface area contributed by atoms with Gasteiger partial charge >= 0.3 is 11.7 Å². The number of carbonyl (C=O) groups excluding carboxylic acids is 1. The van der Waals surface area contributed by atoms with Gasteiger partial charge in [0.2, 0.25) is 0 Å². The maximum absolute atomic E-state index is 11.8. The van der Waals surface area contributed by atoms with Crippen LogP contribution in [0.3, 0.4) is 0 Å². The summed E-state index contributed by atoms with van der Waals surface area (Å²) in [7, 11) is 0. The Morgan fingerprint density at radius 1 is 1.30 bits per heavy atom. The van der Waals surface area contributed by atoms with E-state index in [2.05, 4.69) is 26.2 Å². The van der Waals surface area contributed by atoms with Crippen molar-refractivity contribution in [1.29, 1.82) is 0 Å². The summed E-state index contributed by atoms with van der Waals surface area (Å²) in [6.45, 7) is 4.05. The molecule has 2 aromatic carbocycles. The van der Waals surface area contributed by atoms with E-state index in [4.69, 9.17) is 4.74 Å². The predicted molar refractivity (Wildman–Crippen MR) is 120 cm³/mol. The lowest BCUT2D eigenvalue weighted by Gasteiger charge is -2.18. The molecule has 0 fully saturated rings. The number of nitrogens with one attached hydrogen (secondary N) is 1. The summed E-state index contributed by atoms with van der Waals surface area (Å²) in [6.07, 6.45) is 1.95. The Morgan fingerprint density at radius 2 is 2.03 bits per heavy atom. The third-order valence-electron chi connectivity index (χ3n) is 4.78. The quantitative estimate of drug-likeness (QED) is 0.262. The summed E-state index contributed by atoms with van der Waals surface area (Å²) < 4.78 is 5.79. The highest BCUT2D eigenvalue weighted by Gasteiger charge is 2.21. The summed E-state index contributed by atoms with van der Waals surface area (Å²) in [4.78, 5) is 27.3. The second-order valence-corrected chi connectivity index (χ2v) is 7.67. The highest BCUT2D eigenvalue weighted by molar-refractivity contribution is 9.10. The zero-order chi connectivity index (χ0) is 21.7. The van der Waals surface area contributed by atoms with Gasteiger partial charge in [-0.05, 0) is 43.5 Å². The van der Waals surface area contributed by atoms with Crippen molar-refractivity contribution < 1.29 is 14.5 Å². The van der Waals surface area contributed by atoms with Crippen molar-refractivity contribution in [2.45, 2.75) is 32.7 Å². The number of pyridine rings is 1.